The van der Waals surface area contributed by atoms with E-state index in [-0.39, 0.29) is 5.69 Å². The summed E-state index contributed by atoms with van der Waals surface area (Å²) in [5.74, 6) is 2.17. The summed E-state index contributed by atoms with van der Waals surface area (Å²) in [4.78, 5) is 12.1. The molecule has 0 atom stereocenters. The summed E-state index contributed by atoms with van der Waals surface area (Å²) < 4.78 is 12.4. The number of nitrogens with one attached hydrogen (secondary N) is 1. The fourth-order valence-corrected chi connectivity index (χ4v) is 3.58. The number of nitrogens with zero attached hydrogens (tertiary/aromatic N) is 2. The van der Waals surface area contributed by atoms with Crippen LogP contribution in [0.1, 0.15) is 11.1 Å². The molecule has 136 valence electrons. The molecule has 1 heterocycles. The Morgan fingerprint density at radius 3 is 2.65 bits per heavy atom. The molecular weight excluding hydrogens is 350 g/mol. The van der Waals surface area contributed by atoms with Crippen LogP contribution in [0.3, 0.4) is 0 Å². The molecule has 26 heavy (non-hydrogen) atoms. The summed E-state index contributed by atoms with van der Waals surface area (Å²) in [6.45, 7) is 0.580. The normalized spacial score (nSPS) is 10.7. The van der Waals surface area contributed by atoms with Gasteiger partial charge in [0.2, 0.25) is 0 Å². The molecular formula is C19H21N3O3S. The van der Waals surface area contributed by atoms with Crippen molar-refractivity contribution in [1.82, 2.24) is 14.8 Å². The minimum Gasteiger partial charge on any atom is -0.497 e. The van der Waals surface area contributed by atoms with E-state index in [1.54, 1.807) is 18.8 Å². The molecule has 1 aromatic heterocycles. The van der Waals surface area contributed by atoms with Crippen molar-refractivity contribution in [3.63, 3.8) is 0 Å². The number of benzene rings is 2. The Labute approximate surface area is 156 Å². The van der Waals surface area contributed by atoms with Crippen LogP contribution < -0.4 is 15.2 Å². The van der Waals surface area contributed by atoms with Crippen LogP contribution in [0.5, 0.6) is 11.5 Å². The summed E-state index contributed by atoms with van der Waals surface area (Å²) >= 11 is 1.49. The molecule has 0 bridgehead atoms. The molecule has 3 aromatic rings. The highest BCUT2D eigenvalue weighted by Gasteiger charge is 2.12. The Morgan fingerprint density at radius 2 is 1.92 bits per heavy atom. The third-order valence-electron chi connectivity index (χ3n) is 4.03. The van der Waals surface area contributed by atoms with E-state index in [9.17, 15) is 4.79 Å². The SMILES string of the molecule is COc1ccc(OC)c(CSc2n[nH]c(=O)n2CCc2ccccc2)c1. The number of aryl methyl sites for hydroxylation is 1. The van der Waals surface area contributed by atoms with Gasteiger partial charge >= 0.3 is 5.69 Å². The first-order valence-electron chi connectivity index (χ1n) is 8.24. The smallest absolute Gasteiger partial charge is 0.343 e. The standard InChI is InChI=1S/C19H21N3O3S/c1-24-16-8-9-17(25-2)15(12-16)13-26-19-21-20-18(23)22(19)11-10-14-6-4-3-5-7-14/h3-9,12H,10-11,13H2,1-2H3,(H,20,23). The van der Waals surface area contributed by atoms with Crippen LogP contribution in [0.2, 0.25) is 0 Å². The number of methoxy groups -OCH3 is 2. The van der Waals surface area contributed by atoms with Gasteiger partial charge in [-0.2, -0.15) is 0 Å². The highest BCUT2D eigenvalue weighted by Crippen LogP contribution is 2.29. The molecule has 7 heteroatoms. The maximum Gasteiger partial charge on any atom is 0.343 e. The van der Waals surface area contributed by atoms with Gasteiger partial charge in [-0.25, -0.2) is 9.89 Å². The maximum atomic E-state index is 12.1. The number of hydrogen-bond acceptors (Lipinski definition) is 5. The molecule has 1 N–H and O–H groups in total. The van der Waals surface area contributed by atoms with Crippen LogP contribution in [-0.4, -0.2) is 29.0 Å². The van der Waals surface area contributed by atoms with Gasteiger partial charge in [0.05, 0.1) is 14.2 Å². The van der Waals surface area contributed by atoms with Crippen molar-refractivity contribution in [2.75, 3.05) is 14.2 Å². The van der Waals surface area contributed by atoms with E-state index in [0.717, 1.165) is 23.5 Å². The Hall–Kier alpha value is -2.67. The first-order chi connectivity index (χ1) is 12.7. The number of thioether (sulfide) groups is 1. The molecule has 0 aliphatic rings. The zero-order valence-electron chi connectivity index (χ0n) is 14.8. The molecule has 2 aromatic carbocycles. The lowest BCUT2D eigenvalue weighted by molar-refractivity contribution is 0.400. The Balaban J connectivity index is 1.72. The van der Waals surface area contributed by atoms with Gasteiger partial charge in [0.25, 0.3) is 0 Å². The summed E-state index contributed by atoms with van der Waals surface area (Å²) in [5.41, 5.74) is 1.98. The van der Waals surface area contributed by atoms with E-state index in [0.29, 0.717) is 17.5 Å². The summed E-state index contributed by atoms with van der Waals surface area (Å²) in [6, 6.07) is 15.8. The number of hydrogen-bond donors (Lipinski definition) is 1. The summed E-state index contributed by atoms with van der Waals surface area (Å²) in [5, 5.41) is 7.36. The monoisotopic (exact) mass is 371 g/mol. The van der Waals surface area contributed by atoms with Crippen molar-refractivity contribution in [2.45, 2.75) is 23.9 Å². The molecule has 0 aliphatic heterocycles. The highest BCUT2D eigenvalue weighted by atomic mass is 32.2. The van der Waals surface area contributed by atoms with Gasteiger partial charge in [-0.3, -0.25) is 4.57 Å². The topological polar surface area (TPSA) is 69.1 Å². The van der Waals surface area contributed by atoms with Crippen molar-refractivity contribution in [3.05, 3.63) is 70.1 Å². The van der Waals surface area contributed by atoms with Crippen LogP contribution in [0.4, 0.5) is 0 Å². The van der Waals surface area contributed by atoms with E-state index >= 15 is 0 Å². The average molecular weight is 371 g/mol. The predicted molar refractivity (Wildman–Crippen MR) is 102 cm³/mol. The molecule has 0 amide bonds. The van der Waals surface area contributed by atoms with Crippen molar-refractivity contribution >= 4 is 11.8 Å². The number of rotatable bonds is 8. The molecule has 0 saturated heterocycles. The quantitative estimate of drug-likeness (QED) is 0.616. The van der Waals surface area contributed by atoms with E-state index in [4.69, 9.17) is 9.47 Å². The Bertz CT molecular complexity index is 906. The second kappa shape index (κ2) is 8.62. The number of H-pyrrole nitrogens is 1. The van der Waals surface area contributed by atoms with Gasteiger partial charge in [-0.05, 0) is 30.2 Å². The minimum atomic E-state index is -0.193. The fourth-order valence-electron chi connectivity index (χ4n) is 2.63. The van der Waals surface area contributed by atoms with E-state index in [1.807, 2.05) is 36.4 Å². The fraction of sp³-hybridized carbons (Fsp3) is 0.263. The Kier molecular flexibility index (Phi) is 6.01. The molecule has 3 rings (SSSR count). The molecule has 0 saturated carbocycles. The first kappa shape index (κ1) is 18.1. The van der Waals surface area contributed by atoms with Crippen LogP contribution in [0.15, 0.2) is 58.5 Å². The van der Waals surface area contributed by atoms with Crippen molar-refractivity contribution < 1.29 is 9.47 Å². The maximum absolute atomic E-state index is 12.1. The third kappa shape index (κ3) is 4.29. The zero-order valence-corrected chi connectivity index (χ0v) is 15.6. The average Bonchev–Trinajstić information content (AvgIpc) is 3.04. The van der Waals surface area contributed by atoms with Crippen molar-refractivity contribution in [3.8, 4) is 11.5 Å². The number of ether oxygens (including phenoxy) is 2. The van der Waals surface area contributed by atoms with Crippen molar-refractivity contribution in [2.24, 2.45) is 0 Å². The van der Waals surface area contributed by atoms with Gasteiger partial charge in [0, 0.05) is 17.9 Å². The summed E-state index contributed by atoms with van der Waals surface area (Å²) in [6.07, 6.45) is 0.774. The van der Waals surface area contributed by atoms with Gasteiger partial charge in [0.15, 0.2) is 5.16 Å². The van der Waals surface area contributed by atoms with Gasteiger partial charge < -0.3 is 9.47 Å². The first-order valence-corrected chi connectivity index (χ1v) is 9.22. The molecule has 0 fully saturated rings. The second-order valence-electron chi connectivity index (χ2n) is 5.67. The van der Waals surface area contributed by atoms with Crippen LogP contribution in [-0.2, 0) is 18.7 Å². The highest BCUT2D eigenvalue weighted by molar-refractivity contribution is 7.98. The lowest BCUT2D eigenvalue weighted by Crippen LogP contribution is -2.18. The van der Waals surface area contributed by atoms with Gasteiger partial charge in [-0.1, -0.05) is 42.1 Å². The van der Waals surface area contributed by atoms with Crippen LogP contribution >= 0.6 is 11.8 Å². The number of aromatic amines is 1. The van der Waals surface area contributed by atoms with E-state index in [2.05, 4.69) is 22.3 Å². The largest absolute Gasteiger partial charge is 0.497 e. The van der Waals surface area contributed by atoms with Gasteiger partial charge in [-0.15, -0.1) is 5.10 Å². The molecule has 0 spiro atoms. The zero-order chi connectivity index (χ0) is 18.4. The Morgan fingerprint density at radius 1 is 1.12 bits per heavy atom. The molecule has 6 nitrogen and oxygen atoms in total. The van der Waals surface area contributed by atoms with E-state index in [1.165, 1.54) is 17.3 Å². The van der Waals surface area contributed by atoms with Gasteiger partial charge in [0.1, 0.15) is 11.5 Å². The second-order valence-corrected chi connectivity index (χ2v) is 6.61. The molecule has 0 unspecified atom stereocenters. The van der Waals surface area contributed by atoms with Crippen LogP contribution in [0, 0.1) is 0 Å². The molecule has 0 aliphatic carbocycles. The number of aromatic nitrogens is 3. The third-order valence-corrected chi connectivity index (χ3v) is 5.06. The van der Waals surface area contributed by atoms with E-state index < -0.39 is 0 Å². The van der Waals surface area contributed by atoms with Crippen LogP contribution in [0.25, 0.3) is 0 Å². The lowest BCUT2D eigenvalue weighted by Gasteiger charge is -2.10. The minimum absolute atomic E-state index is 0.193. The summed E-state index contributed by atoms with van der Waals surface area (Å²) in [7, 11) is 3.27. The van der Waals surface area contributed by atoms with Crippen molar-refractivity contribution in [1.29, 1.82) is 0 Å². The molecule has 0 radical (unpaired) electrons. The lowest BCUT2D eigenvalue weighted by atomic mass is 10.1. The predicted octanol–water partition coefficient (Wildman–Crippen LogP) is 3.12.